The first-order chi connectivity index (χ1) is 5.59. The fraction of sp³-hybridized carbons (Fsp3) is 0.333. The number of alkyl halides is 2. The molecule has 4 nitrogen and oxygen atoms in total. The number of rotatable bonds is 3. The first kappa shape index (κ1) is 9.35. The summed E-state index contributed by atoms with van der Waals surface area (Å²) in [7, 11) is 0. The normalized spacial score (nSPS) is 10.6. The fourth-order valence-electron chi connectivity index (χ4n) is 0.715. The second kappa shape index (κ2) is 3.78. The van der Waals surface area contributed by atoms with E-state index in [0.717, 1.165) is 0 Å². The number of hydrogen-bond acceptors (Lipinski definition) is 2. The van der Waals surface area contributed by atoms with E-state index in [1.807, 2.05) is 0 Å². The summed E-state index contributed by atoms with van der Waals surface area (Å²) in [6.45, 7) is 0.288. The van der Waals surface area contributed by atoms with Crippen LogP contribution < -0.4 is 0 Å². The molecule has 0 atom stereocenters. The quantitative estimate of drug-likeness (QED) is 0.765. The predicted octanol–water partition coefficient (Wildman–Crippen LogP) is 1.39. The summed E-state index contributed by atoms with van der Waals surface area (Å²) >= 11 is 10.9. The summed E-state index contributed by atoms with van der Waals surface area (Å²) in [5, 5.41) is 12.3. The molecule has 0 bridgehead atoms. The van der Waals surface area contributed by atoms with Crippen LogP contribution in [0, 0.1) is 0 Å². The van der Waals surface area contributed by atoms with Crippen LogP contribution in [0.1, 0.15) is 10.4 Å². The Bertz CT molecular complexity index is 285. The van der Waals surface area contributed by atoms with Crippen molar-refractivity contribution < 1.29 is 9.90 Å². The first-order valence-corrected chi connectivity index (χ1v) is 4.01. The number of nitrogens with zero attached hydrogens (tertiary/aromatic N) is 2. The van der Waals surface area contributed by atoms with Crippen LogP contribution in [0.25, 0.3) is 0 Å². The summed E-state index contributed by atoms with van der Waals surface area (Å²) in [6.07, 6.45) is 2.62. The van der Waals surface area contributed by atoms with Gasteiger partial charge in [-0.15, -0.1) is 23.2 Å². The fourth-order valence-corrected chi connectivity index (χ4v) is 0.998. The monoisotopic (exact) mass is 208 g/mol. The lowest BCUT2D eigenvalue weighted by Crippen LogP contribution is -2.04. The third-order valence-corrected chi connectivity index (χ3v) is 1.48. The van der Waals surface area contributed by atoms with Crippen LogP contribution in [0.5, 0.6) is 0 Å². The topological polar surface area (TPSA) is 55.1 Å². The Kier molecular flexibility index (Phi) is 2.94. The Labute approximate surface area is 78.7 Å². The maximum atomic E-state index is 10.4. The molecule has 6 heteroatoms. The van der Waals surface area contributed by atoms with Crippen molar-refractivity contribution in [3.05, 3.63) is 18.0 Å². The summed E-state index contributed by atoms with van der Waals surface area (Å²) in [5.74, 6) is -1.01. The molecule has 1 aromatic rings. The lowest BCUT2D eigenvalue weighted by atomic mass is 10.4. The van der Waals surface area contributed by atoms with Gasteiger partial charge in [0.1, 0.15) is 4.84 Å². The van der Waals surface area contributed by atoms with Crippen molar-refractivity contribution in [1.29, 1.82) is 0 Å². The minimum absolute atomic E-state index is 0.129. The highest BCUT2D eigenvalue weighted by molar-refractivity contribution is 6.44. The van der Waals surface area contributed by atoms with E-state index in [2.05, 4.69) is 5.10 Å². The number of aromatic carboxylic acids is 1. The first-order valence-electron chi connectivity index (χ1n) is 3.13. The maximum absolute atomic E-state index is 10.4. The Balaban J connectivity index is 2.71. The van der Waals surface area contributed by atoms with E-state index in [4.69, 9.17) is 28.3 Å². The summed E-state index contributed by atoms with van der Waals surface area (Å²) in [6, 6.07) is 0. The van der Waals surface area contributed by atoms with E-state index in [9.17, 15) is 4.79 Å². The molecular formula is C6H6Cl2N2O2. The molecule has 1 rings (SSSR count). The van der Waals surface area contributed by atoms with Crippen LogP contribution in [0.2, 0.25) is 0 Å². The molecule has 0 aliphatic carbocycles. The molecule has 0 aromatic carbocycles. The molecule has 0 aliphatic rings. The van der Waals surface area contributed by atoms with Gasteiger partial charge in [-0.05, 0) is 0 Å². The highest BCUT2D eigenvalue weighted by Crippen LogP contribution is 2.05. The van der Waals surface area contributed by atoms with Gasteiger partial charge in [-0.1, -0.05) is 0 Å². The molecule has 0 radical (unpaired) electrons. The van der Waals surface area contributed by atoms with Crippen molar-refractivity contribution >= 4 is 29.2 Å². The molecule has 0 saturated heterocycles. The number of carboxylic acids is 1. The van der Waals surface area contributed by atoms with Crippen molar-refractivity contribution in [3.8, 4) is 0 Å². The largest absolute Gasteiger partial charge is 0.478 e. The van der Waals surface area contributed by atoms with Crippen LogP contribution in [0.4, 0.5) is 0 Å². The Morgan fingerprint density at radius 1 is 1.75 bits per heavy atom. The van der Waals surface area contributed by atoms with Gasteiger partial charge in [0.2, 0.25) is 0 Å². The van der Waals surface area contributed by atoms with Gasteiger partial charge in [0, 0.05) is 6.20 Å². The molecule has 1 aromatic heterocycles. The number of halogens is 2. The van der Waals surface area contributed by atoms with Crippen molar-refractivity contribution in [2.75, 3.05) is 0 Å². The van der Waals surface area contributed by atoms with Gasteiger partial charge in [-0.3, -0.25) is 4.68 Å². The van der Waals surface area contributed by atoms with Gasteiger partial charge in [-0.25, -0.2) is 4.79 Å². The smallest absolute Gasteiger partial charge is 0.338 e. The zero-order valence-corrected chi connectivity index (χ0v) is 7.46. The molecule has 0 saturated carbocycles. The number of aromatic nitrogens is 2. The van der Waals surface area contributed by atoms with Gasteiger partial charge in [0.15, 0.2) is 0 Å². The van der Waals surface area contributed by atoms with Gasteiger partial charge >= 0.3 is 5.97 Å². The molecule has 0 aliphatic heterocycles. The van der Waals surface area contributed by atoms with Crippen molar-refractivity contribution in [2.24, 2.45) is 0 Å². The molecule has 1 N–H and O–H groups in total. The van der Waals surface area contributed by atoms with Crippen LogP contribution in [0.3, 0.4) is 0 Å². The standard InChI is InChI=1S/C6H6Cl2N2O2/c7-5(8)3-10-2-4(1-9-10)6(11)12/h1-2,5H,3H2,(H,11,12). The maximum Gasteiger partial charge on any atom is 0.338 e. The molecular weight excluding hydrogens is 203 g/mol. The summed E-state index contributed by atoms with van der Waals surface area (Å²) < 4.78 is 1.38. The van der Waals surface area contributed by atoms with Crippen LogP contribution in [-0.2, 0) is 6.54 Å². The highest BCUT2D eigenvalue weighted by Gasteiger charge is 2.07. The lowest BCUT2D eigenvalue weighted by molar-refractivity contribution is 0.0697. The van der Waals surface area contributed by atoms with Gasteiger partial charge in [0.05, 0.1) is 18.3 Å². The zero-order valence-electron chi connectivity index (χ0n) is 5.94. The average Bonchev–Trinajstić information content (AvgIpc) is 2.34. The van der Waals surface area contributed by atoms with Crippen molar-refractivity contribution in [3.63, 3.8) is 0 Å². The van der Waals surface area contributed by atoms with Gasteiger partial charge in [-0.2, -0.15) is 5.10 Å². The SMILES string of the molecule is O=C(O)c1cnn(CC(Cl)Cl)c1. The number of carbonyl (C=O) groups is 1. The second-order valence-corrected chi connectivity index (χ2v) is 3.42. The van der Waals surface area contributed by atoms with Crippen LogP contribution in [0.15, 0.2) is 12.4 Å². The van der Waals surface area contributed by atoms with E-state index >= 15 is 0 Å². The minimum atomic E-state index is -1.01. The Hall–Kier alpha value is -0.740. The third-order valence-electron chi connectivity index (χ3n) is 1.21. The summed E-state index contributed by atoms with van der Waals surface area (Å²) in [5.41, 5.74) is 0.129. The Morgan fingerprint density at radius 3 is 2.83 bits per heavy atom. The molecule has 12 heavy (non-hydrogen) atoms. The predicted molar refractivity (Wildman–Crippen MR) is 44.7 cm³/mol. The van der Waals surface area contributed by atoms with Crippen LogP contribution in [-0.4, -0.2) is 25.7 Å². The van der Waals surface area contributed by atoms with E-state index in [1.54, 1.807) is 0 Å². The molecule has 66 valence electrons. The van der Waals surface area contributed by atoms with E-state index in [0.29, 0.717) is 0 Å². The Morgan fingerprint density at radius 2 is 2.42 bits per heavy atom. The number of hydrogen-bond donors (Lipinski definition) is 1. The van der Waals surface area contributed by atoms with E-state index < -0.39 is 10.8 Å². The zero-order chi connectivity index (χ0) is 9.14. The molecule has 0 unspecified atom stereocenters. The highest BCUT2D eigenvalue weighted by atomic mass is 35.5. The lowest BCUT2D eigenvalue weighted by Gasteiger charge is -1.99. The third kappa shape index (κ3) is 2.39. The molecule has 1 heterocycles. The van der Waals surface area contributed by atoms with Crippen LogP contribution >= 0.6 is 23.2 Å². The van der Waals surface area contributed by atoms with Gasteiger partial charge < -0.3 is 5.11 Å². The molecule has 0 fully saturated rings. The average molecular weight is 209 g/mol. The molecule has 0 amide bonds. The summed E-state index contributed by atoms with van der Waals surface area (Å²) in [4.78, 5) is 9.80. The van der Waals surface area contributed by atoms with Crippen molar-refractivity contribution in [1.82, 2.24) is 9.78 Å². The van der Waals surface area contributed by atoms with Crippen molar-refractivity contribution in [2.45, 2.75) is 11.4 Å². The van der Waals surface area contributed by atoms with E-state index in [-0.39, 0.29) is 12.1 Å². The molecule has 0 spiro atoms. The number of carboxylic acid groups (broad SMARTS) is 1. The minimum Gasteiger partial charge on any atom is -0.478 e. The van der Waals surface area contributed by atoms with Gasteiger partial charge in [0.25, 0.3) is 0 Å². The van der Waals surface area contributed by atoms with E-state index in [1.165, 1.54) is 17.1 Å². The second-order valence-electron chi connectivity index (χ2n) is 2.15.